The molecule has 2 aromatic carbocycles. The molecule has 0 saturated carbocycles. The van der Waals surface area contributed by atoms with Crippen LogP contribution in [0.15, 0.2) is 47.5 Å². The number of benzene rings is 2. The van der Waals surface area contributed by atoms with E-state index in [1.807, 2.05) is 7.05 Å². The molecule has 0 fully saturated rings. The van der Waals surface area contributed by atoms with Gasteiger partial charge in [0.05, 0.1) is 10.7 Å². The normalized spacial score (nSPS) is 11.3. The standard InChI is InChI=1S/C21H26N4S.HI/c1-15-16(2)26-20(25-15)12-14-24-21(22-3)23-13-11-18-9-6-8-17-7-4-5-10-19(17)18;/h4-10H,11-14H2,1-3H3,(H2,22,23,24);1H. The number of aliphatic imine (C=N–C) groups is 1. The third-order valence-electron chi connectivity index (χ3n) is 4.49. The van der Waals surface area contributed by atoms with Crippen molar-refractivity contribution in [3.8, 4) is 0 Å². The summed E-state index contributed by atoms with van der Waals surface area (Å²) >= 11 is 1.78. The minimum Gasteiger partial charge on any atom is -0.356 e. The number of thiazole rings is 1. The first-order valence-corrected chi connectivity index (χ1v) is 9.83. The van der Waals surface area contributed by atoms with Gasteiger partial charge in [0, 0.05) is 31.4 Å². The van der Waals surface area contributed by atoms with Crippen LogP contribution in [0, 0.1) is 13.8 Å². The van der Waals surface area contributed by atoms with Crippen LogP contribution < -0.4 is 10.6 Å². The summed E-state index contributed by atoms with van der Waals surface area (Å²) in [6.07, 6.45) is 1.89. The number of rotatable bonds is 6. The number of hydrogen-bond acceptors (Lipinski definition) is 3. The maximum Gasteiger partial charge on any atom is 0.191 e. The van der Waals surface area contributed by atoms with Crippen molar-refractivity contribution in [3.63, 3.8) is 0 Å². The van der Waals surface area contributed by atoms with Gasteiger partial charge in [-0.3, -0.25) is 4.99 Å². The fourth-order valence-corrected chi connectivity index (χ4v) is 3.91. The summed E-state index contributed by atoms with van der Waals surface area (Å²) in [4.78, 5) is 10.2. The van der Waals surface area contributed by atoms with Crippen LogP contribution in [0.3, 0.4) is 0 Å². The third kappa shape index (κ3) is 5.90. The quantitative estimate of drug-likeness (QED) is 0.302. The molecular formula is C21H27IN4S. The minimum absolute atomic E-state index is 0. The van der Waals surface area contributed by atoms with E-state index in [0.717, 1.165) is 37.6 Å². The predicted molar refractivity (Wildman–Crippen MR) is 128 cm³/mol. The van der Waals surface area contributed by atoms with Crippen molar-refractivity contribution in [3.05, 3.63) is 63.6 Å². The number of nitrogens with zero attached hydrogens (tertiary/aromatic N) is 2. The Kier molecular flexibility index (Phi) is 8.50. The van der Waals surface area contributed by atoms with Gasteiger partial charge in [0.1, 0.15) is 0 Å². The van der Waals surface area contributed by atoms with E-state index in [9.17, 15) is 0 Å². The van der Waals surface area contributed by atoms with Gasteiger partial charge in [0.15, 0.2) is 5.96 Å². The van der Waals surface area contributed by atoms with Gasteiger partial charge in [-0.15, -0.1) is 35.3 Å². The molecule has 1 aromatic heterocycles. The Balaban J connectivity index is 0.00000261. The average molecular weight is 494 g/mol. The van der Waals surface area contributed by atoms with Crippen LogP contribution in [0.5, 0.6) is 0 Å². The minimum atomic E-state index is 0. The first kappa shape index (κ1) is 21.6. The molecule has 0 saturated heterocycles. The molecule has 27 heavy (non-hydrogen) atoms. The van der Waals surface area contributed by atoms with E-state index in [0.29, 0.717) is 0 Å². The molecule has 0 atom stereocenters. The van der Waals surface area contributed by atoms with Gasteiger partial charge >= 0.3 is 0 Å². The van der Waals surface area contributed by atoms with Crippen LogP contribution in [0.4, 0.5) is 0 Å². The van der Waals surface area contributed by atoms with Crippen molar-refractivity contribution < 1.29 is 0 Å². The molecule has 3 rings (SSSR count). The molecule has 4 nitrogen and oxygen atoms in total. The van der Waals surface area contributed by atoms with E-state index in [2.05, 4.69) is 76.9 Å². The van der Waals surface area contributed by atoms with Crippen molar-refractivity contribution in [2.75, 3.05) is 20.1 Å². The van der Waals surface area contributed by atoms with Crippen LogP contribution in [0.25, 0.3) is 10.8 Å². The summed E-state index contributed by atoms with van der Waals surface area (Å²) in [6, 6.07) is 15.0. The molecule has 0 bridgehead atoms. The van der Waals surface area contributed by atoms with E-state index < -0.39 is 0 Å². The number of aromatic nitrogens is 1. The Morgan fingerprint density at radius 2 is 1.70 bits per heavy atom. The number of guanidine groups is 1. The highest BCUT2D eigenvalue weighted by atomic mass is 127. The second-order valence-electron chi connectivity index (χ2n) is 6.31. The molecule has 0 amide bonds. The first-order valence-electron chi connectivity index (χ1n) is 9.01. The Bertz CT molecular complexity index is 879. The molecule has 144 valence electrons. The predicted octanol–water partition coefficient (Wildman–Crippen LogP) is 4.48. The van der Waals surface area contributed by atoms with Crippen LogP contribution in [-0.2, 0) is 12.8 Å². The van der Waals surface area contributed by atoms with Gasteiger partial charge < -0.3 is 10.6 Å². The van der Waals surface area contributed by atoms with Crippen LogP contribution in [-0.4, -0.2) is 31.1 Å². The molecule has 1 heterocycles. The molecular weight excluding hydrogens is 467 g/mol. The molecule has 0 aliphatic heterocycles. The molecule has 3 aromatic rings. The molecule has 0 radical (unpaired) electrons. The van der Waals surface area contributed by atoms with Crippen molar-refractivity contribution in [2.45, 2.75) is 26.7 Å². The zero-order chi connectivity index (χ0) is 18.4. The lowest BCUT2D eigenvalue weighted by Crippen LogP contribution is -2.39. The number of aryl methyl sites for hydroxylation is 2. The summed E-state index contributed by atoms with van der Waals surface area (Å²) in [5.74, 6) is 0.843. The Hall–Kier alpha value is -1.67. The van der Waals surface area contributed by atoms with E-state index >= 15 is 0 Å². The van der Waals surface area contributed by atoms with E-state index in [4.69, 9.17) is 0 Å². The number of hydrogen-bond donors (Lipinski definition) is 2. The highest BCUT2D eigenvalue weighted by Gasteiger charge is 2.05. The number of fused-ring (bicyclic) bond motifs is 1. The topological polar surface area (TPSA) is 49.3 Å². The molecule has 0 aliphatic rings. The fourth-order valence-electron chi connectivity index (χ4n) is 2.98. The lowest BCUT2D eigenvalue weighted by Gasteiger charge is -2.12. The summed E-state index contributed by atoms with van der Waals surface area (Å²) in [6.45, 7) is 5.87. The van der Waals surface area contributed by atoms with Gasteiger partial charge in [-0.05, 0) is 36.6 Å². The molecule has 0 aliphatic carbocycles. The van der Waals surface area contributed by atoms with Gasteiger partial charge in [0.25, 0.3) is 0 Å². The molecule has 0 unspecified atom stereocenters. The van der Waals surface area contributed by atoms with Crippen molar-refractivity contribution in [1.29, 1.82) is 0 Å². The summed E-state index contributed by atoms with van der Waals surface area (Å²) < 4.78 is 0. The maximum atomic E-state index is 4.58. The monoisotopic (exact) mass is 494 g/mol. The van der Waals surface area contributed by atoms with E-state index in [-0.39, 0.29) is 24.0 Å². The molecule has 6 heteroatoms. The number of nitrogens with one attached hydrogen (secondary N) is 2. The zero-order valence-electron chi connectivity index (χ0n) is 16.1. The smallest absolute Gasteiger partial charge is 0.191 e. The molecule has 2 N–H and O–H groups in total. The van der Waals surface area contributed by atoms with Crippen molar-refractivity contribution in [2.24, 2.45) is 4.99 Å². The lowest BCUT2D eigenvalue weighted by atomic mass is 10.0. The first-order chi connectivity index (χ1) is 12.7. The van der Waals surface area contributed by atoms with Crippen molar-refractivity contribution >= 4 is 52.0 Å². The van der Waals surface area contributed by atoms with Gasteiger partial charge in [-0.1, -0.05) is 42.5 Å². The van der Waals surface area contributed by atoms with Crippen LogP contribution >= 0.6 is 35.3 Å². The number of halogens is 1. The Labute approximate surface area is 182 Å². The average Bonchev–Trinajstić information content (AvgIpc) is 2.98. The van der Waals surface area contributed by atoms with E-state index in [1.165, 1.54) is 26.2 Å². The summed E-state index contributed by atoms with van der Waals surface area (Å²) in [5, 5.41) is 10.6. The maximum absolute atomic E-state index is 4.58. The van der Waals surface area contributed by atoms with Crippen LogP contribution in [0.2, 0.25) is 0 Å². The second-order valence-corrected chi connectivity index (χ2v) is 7.60. The van der Waals surface area contributed by atoms with E-state index in [1.54, 1.807) is 11.3 Å². The SMILES string of the molecule is CN=C(NCCc1nc(C)c(C)s1)NCCc1cccc2ccccc12.I. The Morgan fingerprint density at radius 3 is 2.41 bits per heavy atom. The highest BCUT2D eigenvalue weighted by Crippen LogP contribution is 2.18. The van der Waals surface area contributed by atoms with Crippen molar-refractivity contribution in [1.82, 2.24) is 15.6 Å². The fraction of sp³-hybridized carbons (Fsp3) is 0.333. The largest absolute Gasteiger partial charge is 0.356 e. The molecule has 0 spiro atoms. The van der Waals surface area contributed by atoms with Gasteiger partial charge in [-0.25, -0.2) is 4.98 Å². The highest BCUT2D eigenvalue weighted by molar-refractivity contribution is 14.0. The van der Waals surface area contributed by atoms with Crippen LogP contribution in [0.1, 0.15) is 21.1 Å². The second kappa shape index (κ2) is 10.6. The Morgan fingerprint density at radius 1 is 1.00 bits per heavy atom. The third-order valence-corrected chi connectivity index (χ3v) is 5.63. The zero-order valence-corrected chi connectivity index (χ0v) is 19.2. The van der Waals surface area contributed by atoms with Gasteiger partial charge in [-0.2, -0.15) is 0 Å². The summed E-state index contributed by atoms with van der Waals surface area (Å²) in [7, 11) is 1.81. The lowest BCUT2D eigenvalue weighted by molar-refractivity contribution is 0.783. The van der Waals surface area contributed by atoms with Gasteiger partial charge in [0.2, 0.25) is 0 Å². The summed E-state index contributed by atoms with van der Waals surface area (Å²) in [5.41, 5.74) is 2.50.